The van der Waals surface area contributed by atoms with Crippen molar-refractivity contribution in [2.75, 3.05) is 39.8 Å². The van der Waals surface area contributed by atoms with Gasteiger partial charge in [-0.1, -0.05) is 48.5 Å². The first-order valence-electron chi connectivity index (χ1n) is 11.7. The van der Waals surface area contributed by atoms with E-state index in [1.54, 1.807) is 25.2 Å². The van der Waals surface area contributed by atoms with Crippen LogP contribution in [-0.2, 0) is 17.8 Å². The third kappa shape index (κ3) is 4.35. The minimum atomic E-state index is -0.687. The standard InChI is InChI=1S/C25H29FN6O2/c1-29-22-21(23(33)28-25(29)34)32(17-19-9-5-6-10-20(19)26)24(27-22)31-15-13-30(14-16-31)12-11-18-7-3-2-4-8-18/h2-10,21-22H,11-17H2,1H3,(H,28,33,34). The van der Waals surface area contributed by atoms with E-state index in [2.05, 4.69) is 39.4 Å². The Morgan fingerprint density at radius 3 is 2.44 bits per heavy atom. The zero-order valence-corrected chi connectivity index (χ0v) is 19.2. The summed E-state index contributed by atoms with van der Waals surface area (Å²) in [6.45, 7) is 4.43. The number of aliphatic imine (C=N–C) groups is 1. The fourth-order valence-corrected chi connectivity index (χ4v) is 4.86. The molecule has 2 atom stereocenters. The Balaban J connectivity index is 1.32. The predicted octanol–water partition coefficient (Wildman–Crippen LogP) is 1.73. The second kappa shape index (κ2) is 9.42. The van der Waals surface area contributed by atoms with E-state index in [1.165, 1.54) is 16.5 Å². The Labute approximate surface area is 198 Å². The zero-order chi connectivity index (χ0) is 23.7. The molecule has 0 aliphatic carbocycles. The third-order valence-corrected chi connectivity index (χ3v) is 6.85. The molecule has 2 unspecified atom stereocenters. The van der Waals surface area contributed by atoms with Crippen molar-refractivity contribution in [1.82, 2.24) is 24.9 Å². The highest BCUT2D eigenvalue weighted by Gasteiger charge is 2.50. The highest BCUT2D eigenvalue weighted by molar-refractivity contribution is 6.03. The molecular formula is C25H29FN6O2. The Kier molecular flexibility index (Phi) is 6.19. The van der Waals surface area contributed by atoms with E-state index in [1.807, 2.05) is 11.0 Å². The van der Waals surface area contributed by atoms with Gasteiger partial charge in [0.1, 0.15) is 5.82 Å². The van der Waals surface area contributed by atoms with Crippen LogP contribution in [0.2, 0.25) is 0 Å². The van der Waals surface area contributed by atoms with Crippen molar-refractivity contribution < 1.29 is 14.0 Å². The SMILES string of the molecule is CN1C(=O)NC(=O)C2C1N=C(N1CCN(CCc3ccccc3)CC1)N2Cc1ccccc1F. The van der Waals surface area contributed by atoms with Crippen molar-refractivity contribution in [1.29, 1.82) is 0 Å². The number of carbonyl (C=O) groups excluding carboxylic acids is 2. The number of nitrogens with zero attached hydrogens (tertiary/aromatic N) is 5. The number of urea groups is 1. The number of hydrogen-bond donors (Lipinski definition) is 1. The van der Waals surface area contributed by atoms with Crippen molar-refractivity contribution >= 4 is 17.9 Å². The van der Waals surface area contributed by atoms with Crippen LogP contribution in [0.4, 0.5) is 9.18 Å². The lowest BCUT2D eigenvalue weighted by atomic mass is 10.1. The molecule has 2 aromatic rings. The summed E-state index contributed by atoms with van der Waals surface area (Å²) in [6.07, 6.45) is 0.373. The second-order valence-electron chi connectivity index (χ2n) is 8.98. The fourth-order valence-electron chi connectivity index (χ4n) is 4.86. The van der Waals surface area contributed by atoms with Crippen LogP contribution in [0.3, 0.4) is 0 Å². The van der Waals surface area contributed by atoms with Gasteiger partial charge in [0.25, 0.3) is 5.91 Å². The minimum Gasteiger partial charge on any atom is -0.340 e. The van der Waals surface area contributed by atoms with Crippen LogP contribution in [0.1, 0.15) is 11.1 Å². The number of rotatable bonds is 5. The van der Waals surface area contributed by atoms with Gasteiger partial charge < -0.3 is 14.7 Å². The molecule has 0 radical (unpaired) electrons. The summed E-state index contributed by atoms with van der Waals surface area (Å²) in [5, 5.41) is 2.41. The lowest BCUT2D eigenvalue weighted by Crippen LogP contribution is -2.64. The molecule has 2 aromatic carbocycles. The van der Waals surface area contributed by atoms with Gasteiger partial charge in [-0.2, -0.15) is 0 Å². The van der Waals surface area contributed by atoms with Crippen molar-refractivity contribution in [2.24, 2.45) is 4.99 Å². The first-order valence-corrected chi connectivity index (χ1v) is 11.7. The van der Waals surface area contributed by atoms with Crippen molar-refractivity contribution in [2.45, 2.75) is 25.2 Å². The number of piperazine rings is 1. The molecule has 34 heavy (non-hydrogen) atoms. The van der Waals surface area contributed by atoms with Crippen LogP contribution < -0.4 is 5.32 Å². The van der Waals surface area contributed by atoms with Gasteiger partial charge in [-0.05, 0) is 18.1 Å². The highest BCUT2D eigenvalue weighted by atomic mass is 19.1. The normalized spacial score (nSPS) is 23.1. The molecule has 3 aliphatic heterocycles. The summed E-state index contributed by atoms with van der Waals surface area (Å²) in [5.41, 5.74) is 1.81. The minimum absolute atomic E-state index is 0.205. The molecule has 0 spiro atoms. The van der Waals surface area contributed by atoms with Gasteiger partial charge >= 0.3 is 6.03 Å². The van der Waals surface area contributed by atoms with Gasteiger partial charge in [-0.25, -0.2) is 14.2 Å². The molecule has 9 heteroatoms. The maximum Gasteiger partial charge on any atom is 0.325 e. The number of nitrogens with one attached hydrogen (secondary N) is 1. The summed E-state index contributed by atoms with van der Waals surface area (Å²) in [5.74, 6) is -0.0703. The number of fused-ring (bicyclic) bond motifs is 1. The number of carbonyl (C=O) groups is 2. The maximum atomic E-state index is 14.5. The summed E-state index contributed by atoms with van der Waals surface area (Å²) in [7, 11) is 1.63. The van der Waals surface area contributed by atoms with E-state index in [9.17, 15) is 14.0 Å². The highest BCUT2D eigenvalue weighted by Crippen LogP contribution is 2.28. The van der Waals surface area contributed by atoms with Crippen LogP contribution in [0.25, 0.3) is 0 Å². The van der Waals surface area contributed by atoms with Crippen molar-refractivity contribution in [3.8, 4) is 0 Å². The molecule has 0 saturated carbocycles. The van der Waals surface area contributed by atoms with E-state index in [4.69, 9.17) is 4.99 Å². The van der Waals surface area contributed by atoms with E-state index in [-0.39, 0.29) is 12.4 Å². The van der Waals surface area contributed by atoms with Gasteiger partial charge in [0.15, 0.2) is 18.2 Å². The van der Waals surface area contributed by atoms with E-state index in [0.29, 0.717) is 11.5 Å². The monoisotopic (exact) mass is 464 g/mol. The molecule has 2 fully saturated rings. The number of halogens is 1. The Bertz CT molecular complexity index is 1090. The summed E-state index contributed by atoms with van der Waals surface area (Å²) >= 11 is 0. The van der Waals surface area contributed by atoms with Crippen LogP contribution in [0, 0.1) is 5.82 Å². The van der Waals surface area contributed by atoms with E-state index < -0.39 is 24.1 Å². The first kappa shape index (κ1) is 22.3. The number of benzene rings is 2. The van der Waals surface area contributed by atoms with Gasteiger partial charge in [0, 0.05) is 51.9 Å². The molecule has 2 saturated heterocycles. The van der Waals surface area contributed by atoms with E-state index >= 15 is 0 Å². The zero-order valence-electron chi connectivity index (χ0n) is 19.2. The molecule has 0 bridgehead atoms. The lowest BCUT2D eigenvalue weighted by Gasteiger charge is -2.40. The van der Waals surface area contributed by atoms with Crippen LogP contribution in [0.5, 0.6) is 0 Å². The predicted molar refractivity (Wildman–Crippen MR) is 126 cm³/mol. The fraction of sp³-hybridized carbons (Fsp3) is 0.400. The van der Waals surface area contributed by atoms with Crippen LogP contribution >= 0.6 is 0 Å². The Morgan fingerprint density at radius 2 is 1.71 bits per heavy atom. The topological polar surface area (TPSA) is 71.5 Å². The molecule has 178 valence electrons. The molecule has 3 amide bonds. The summed E-state index contributed by atoms with van der Waals surface area (Å²) < 4.78 is 14.5. The average Bonchev–Trinajstić information content (AvgIpc) is 3.23. The summed E-state index contributed by atoms with van der Waals surface area (Å²) in [4.78, 5) is 37.7. The van der Waals surface area contributed by atoms with Gasteiger partial charge in [0.2, 0.25) is 0 Å². The molecule has 3 aliphatic rings. The molecule has 5 rings (SSSR count). The lowest BCUT2D eigenvalue weighted by molar-refractivity contribution is -0.127. The molecule has 1 N–H and O–H groups in total. The summed E-state index contributed by atoms with van der Waals surface area (Å²) in [6, 6.07) is 15.9. The smallest absolute Gasteiger partial charge is 0.325 e. The van der Waals surface area contributed by atoms with Gasteiger partial charge in [0.05, 0.1) is 0 Å². The van der Waals surface area contributed by atoms with Crippen molar-refractivity contribution in [3.63, 3.8) is 0 Å². The number of likely N-dealkylation sites (N-methyl/N-ethyl adjacent to an activating group) is 1. The maximum absolute atomic E-state index is 14.5. The first-order chi connectivity index (χ1) is 16.5. The van der Waals surface area contributed by atoms with E-state index in [0.717, 1.165) is 39.1 Å². The Morgan fingerprint density at radius 1 is 1.00 bits per heavy atom. The Hall–Kier alpha value is -3.46. The van der Waals surface area contributed by atoms with Gasteiger partial charge in [-0.3, -0.25) is 15.0 Å². The molecule has 3 heterocycles. The number of hydrogen-bond acceptors (Lipinski definition) is 6. The number of amides is 3. The second-order valence-corrected chi connectivity index (χ2v) is 8.98. The number of imide groups is 1. The van der Waals surface area contributed by atoms with Crippen LogP contribution in [0.15, 0.2) is 59.6 Å². The largest absolute Gasteiger partial charge is 0.340 e. The number of guanidine groups is 1. The van der Waals surface area contributed by atoms with Gasteiger partial charge in [-0.15, -0.1) is 0 Å². The quantitative estimate of drug-likeness (QED) is 0.730. The molecule has 8 nitrogen and oxygen atoms in total. The average molecular weight is 465 g/mol. The van der Waals surface area contributed by atoms with Crippen molar-refractivity contribution in [3.05, 3.63) is 71.5 Å². The molecule has 0 aromatic heterocycles. The van der Waals surface area contributed by atoms with Crippen LogP contribution in [-0.4, -0.2) is 89.5 Å². The third-order valence-electron chi connectivity index (χ3n) is 6.85. The molecular weight excluding hydrogens is 435 g/mol.